The molecule has 4 heteroatoms. The van der Waals surface area contributed by atoms with Gasteiger partial charge in [0.05, 0.1) is 16.8 Å². The molecule has 4 rings (SSSR count). The van der Waals surface area contributed by atoms with Crippen molar-refractivity contribution < 1.29 is 4.79 Å². The normalized spacial score (nSPS) is 11.2. The molecule has 3 nitrogen and oxygen atoms in total. The van der Waals surface area contributed by atoms with Gasteiger partial charge in [0.1, 0.15) is 0 Å². The van der Waals surface area contributed by atoms with Gasteiger partial charge in [0.15, 0.2) is 5.13 Å². The monoisotopic (exact) mass is 398 g/mol. The number of aromatic nitrogens is 1. The van der Waals surface area contributed by atoms with E-state index in [0.717, 1.165) is 32.0 Å². The predicted octanol–water partition coefficient (Wildman–Crippen LogP) is 6.16. The minimum absolute atomic E-state index is 0.0777. The van der Waals surface area contributed by atoms with E-state index in [-0.39, 0.29) is 5.91 Å². The van der Waals surface area contributed by atoms with Gasteiger partial charge in [-0.2, -0.15) is 0 Å². The van der Waals surface area contributed by atoms with Crippen LogP contribution in [0.1, 0.15) is 22.3 Å². The maximum Gasteiger partial charge on any atom is 0.253 e. The highest BCUT2D eigenvalue weighted by Gasteiger charge is 2.19. The second-order valence-corrected chi connectivity index (χ2v) is 8.09. The minimum Gasteiger partial charge on any atom is -0.280 e. The van der Waals surface area contributed by atoms with Gasteiger partial charge < -0.3 is 0 Å². The Morgan fingerprint density at radius 1 is 1.00 bits per heavy atom. The predicted molar refractivity (Wildman–Crippen MR) is 122 cm³/mol. The molecule has 0 saturated carbocycles. The zero-order valence-corrected chi connectivity index (χ0v) is 17.3. The van der Waals surface area contributed by atoms with Crippen molar-refractivity contribution in [2.45, 2.75) is 20.4 Å². The van der Waals surface area contributed by atoms with Crippen molar-refractivity contribution in [1.82, 2.24) is 4.98 Å². The minimum atomic E-state index is -0.0777. The van der Waals surface area contributed by atoms with Crippen LogP contribution in [0.5, 0.6) is 0 Å². The maximum absolute atomic E-state index is 13.2. The Bertz CT molecular complexity index is 1160. The Morgan fingerprint density at radius 2 is 1.69 bits per heavy atom. The first-order valence-corrected chi connectivity index (χ1v) is 10.4. The van der Waals surface area contributed by atoms with Gasteiger partial charge in [-0.3, -0.25) is 9.69 Å². The number of hydrogen-bond acceptors (Lipinski definition) is 3. The van der Waals surface area contributed by atoms with Crippen LogP contribution in [0.4, 0.5) is 5.13 Å². The highest BCUT2D eigenvalue weighted by atomic mass is 32.1. The fourth-order valence-electron chi connectivity index (χ4n) is 3.30. The van der Waals surface area contributed by atoms with Gasteiger partial charge in [0.2, 0.25) is 0 Å². The number of carbonyl (C=O) groups is 1. The van der Waals surface area contributed by atoms with Crippen molar-refractivity contribution in [3.63, 3.8) is 0 Å². The molecule has 1 amide bonds. The standard InChI is InChI=1S/C25H22N2OS/c1-18-15-19(2)24-22(16-18)29-25(26-24)27(17-21-11-7-4-8-12-21)23(28)14-13-20-9-5-3-6-10-20/h3-16H,17H2,1-2H3. The summed E-state index contributed by atoms with van der Waals surface area (Å²) in [6.45, 7) is 4.63. The van der Waals surface area contributed by atoms with Gasteiger partial charge in [0.25, 0.3) is 5.91 Å². The number of thiazole rings is 1. The Kier molecular flexibility index (Phi) is 5.54. The van der Waals surface area contributed by atoms with E-state index in [9.17, 15) is 4.79 Å². The number of hydrogen-bond donors (Lipinski definition) is 0. The molecular formula is C25H22N2OS. The highest BCUT2D eigenvalue weighted by Crippen LogP contribution is 2.32. The van der Waals surface area contributed by atoms with Crippen molar-refractivity contribution in [2.75, 3.05) is 4.90 Å². The first-order chi connectivity index (χ1) is 14.1. The third kappa shape index (κ3) is 4.44. The molecule has 1 heterocycles. The van der Waals surface area contributed by atoms with E-state index in [4.69, 9.17) is 4.98 Å². The third-order valence-corrected chi connectivity index (χ3v) is 5.74. The quantitative estimate of drug-likeness (QED) is 0.377. The van der Waals surface area contributed by atoms with Crippen molar-refractivity contribution in [3.8, 4) is 0 Å². The van der Waals surface area contributed by atoms with Crippen molar-refractivity contribution in [1.29, 1.82) is 0 Å². The molecule has 1 aromatic heterocycles. The zero-order valence-electron chi connectivity index (χ0n) is 16.5. The number of carbonyl (C=O) groups excluding carboxylic acids is 1. The number of rotatable bonds is 5. The lowest BCUT2D eigenvalue weighted by atomic mass is 10.1. The summed E-state index contributed by atoms with van der Waals surface area (Å²) in [7, 11) is 0. The molecule has 0 N–H and O–H groups in total. The van der Waals surface area contributed by atoms with Crippen molar-refractivity contribution in [2.24, 2.45) is 0 Å². The number of anilines is 1. The SMILES string of the molecule is Cc1cc(C)c2nc(N(Cc3ccccc3)C(=O)C=Cc3ccccc3)sc2c1. The lowest BCUT2D eigenvalue weighted by Crippen LogP contribution is -2.28. The molecule has 0 unspecified atom stereocenters. The highest BCUT2D eigenvalue weighted by molar-refractivity contribution is 7.22. The fourth-order valence-corrected chi connectivity index (χ4v) is 4.45. The van der Waals surface area contributed by atoms with Crippen molar-refractivity contribution in [3.05, 3.63) is 101 Å². The molecule has 0 fully saturated rings. The lowest BCUT2D eigenvalue weighted by molar-refractivity contribution is -0.114. The van der Waals surface area contributed by atoms with Gasteiger partial charge in [-0.1, -0.05) is 78.1 Å². The molecule has 0 aliphatic rings. The molecular weight excluding hydrogens is 376 g/mol. The van der Waals surface area contributed by atoms with Crippen LogP contribution in [0.2, 0.25) is 0 Å². The molecule has 0 spiro atoms. The largest absolute Gasteiger partial charge is 0.280 e. The van der Waals surface area contributed by atoms with Gasteiger partial charge in [0, 0.05) is 6.08 Å². The van der Waals surface area contributed by atoms with Gasteiger partial charge in [-0.25, -0.2) is 4.98 Å². The first kappa shape index (κ1) is 19.1. The molecule has 0 aliphatic heterocycles. The smallest absolute Gasteiger partial charge is 0.253 e. The number of nitrogens with zero attached hydrogens (tertiary/aromatic N) is 2. The van der Waals surface area contributed by atoms with E-state index >= 15 is 0 Å². The Morgan fingerprint density at radius 3 is 2.41 bits per heavy atom. The summed E-state index contributed by atoms with van der Waals surface area (Å²) in [5, 5.41) is 0.722. The Balaban J connectivity index is 1.71. The number of benzene rings is 3. The van der Waals surface area contributed by atoms with Crippen LogP contribution in [0.25, 0.3) is 16.3 Å². The van der Waals surface area contributed by atoms with Crippen LogP contribution >= 0.6 is 11.3 Å². The number of aryl methyl sites for hydroxylation is 2. The molecule has 4 aromatic rings. The topological polar surface area (TPSA) is 33.2 Å². The summed E-state index contributed by atoms with van der Waals surface area (Å²) in [6, 6.07) is 24.1. The third-order valence-electron chi connectivity index (χ3n) is 4.72. The summed E-state index contributed by atoms with van der Waals surface area (Å²) in [5.41, 5.74) is 5.37. The maximum atomic E-state index is 13.2. The van der Waals surface area contributed by atoms with Crippen LogP contribution in [0.15, 0.2) is 78.9 Å². The Hall–Kier alpha value is -3.24. The summed E-state index contributed by atoms with van der Waals surface area (Å²) in [5.74, 6) is -0.0777. The second-order valence-electron chi connectivity index (χ2n) is 7.08. The average molecular weight is 399 g/mol. The summed E-state index contributed by atoms with van der Waals surface area (Å²) >= 11 is 1.56. The number of fused-ring (bicyclic) bond motifs is 1. The van der Waals surface area contributed by atoms with Crippen LogP contribution in [-0.2, 0) is 11.3 Å². The van der Waals surface area contributed by atoms with Crippen LogP contribution in [0.3, 0.4) is 0 Å². The average Bonchev–Trinajstić information content (AvgIpc) is 3.16. The van der Waals surface area contributed by atoms with Gasteiger partial charge in [-0.05, 0) is 48.2 Å². The fraction of sp³-hybridized carbons (Fsp3) is 0.120. The van der Waals surface area contributed by atoms with Gasteiger partial charge in [-0.15, -0.1) is 0 Å². The summed E-state index contributed by atoms with van der Waals surface area (Å²) in [6.07, 6.45) is 3.48. The number of amides is 1. The van der Waals surface area contributed by atoms with E-state index in [1.807, 2.05) is 66.7 Å². The van der Waals surface area contributed by atoms with Gasteiger partial charge >= 0.3 is 0 Å². The molecule has 0 bridgehead atoms. The first-order valence-electron chi connectivity index (χ1n) is 9.56. The zero-order chi connectivity index (χ0) is 20.2. The summed E-state index contributed by atoms with van der Waals surface area (Å²) < 4.78 is 1.11. The van der Waals surface area contributed by atoms with E-state index in [2.05, 4.69) is 26.0 Å². The van der Waals surface area contributed by atoms with E-state index in [1.165, 1.54) is 5.56 Å². The molecule has 0 saturated heterocycles. The van der Waals surface area contributed by atoms with Crippen LogP contribution in [-0.4, -0.2) is 10.9 Å². The second kappa shape index (κ2) is 8.41. The molecule has 29 heavy (non-hydrogen) atoms. The van der Waals surface area contributed by atoms with E-state index in [1.54, 1.807) is 22.3 Å². The Labute approximate surface area is 175 Å². The molecule has 3 aromatic carbocycles. The molecule has 144 valence electrons. The molecule has 0 atom stereocenters. The van der Waals surface area contributed by atoms with E-state index in [0.29, 0.717) is 6.54 Å². The van der Waals surface area contributed by atoms with Crippen LogP contribution < -0.4 is 4.90 Å². The summed E-state index contributed by atoms with van der Waals surface area (Å²) in [4.78, 5) is 19.7. The van der Waals surface area contributed by atoms with Crippen molar-refractivity contribution >= 4 is 38.7 Å². The molecule has 0 aliphatic carbocycles. The lowest BCUT2D eigenvalue weighted by Gasteiger charge is -2.18. The molecule has 0 radical (unpaired) electrons. The van der Waals surface area contributed by atoms with Crippen LogP contribution in [0, 0.1) is 13.8 Å². The van der Waals surface area contributed by atoms with E-state index < -0.39 is 0 Å².